The van der Waals surface area contributed by atoms with Crippen LogP contribution in [0.5, 0.6) is 0 Å². The number of ether oxygens (including phenoxy) is 3. The van der Waals surface area contributed by atoms with Crippen LogP contribution in [0.3, 0.4) is 0 Å². The van der Waals surface area contributed by atoms with Gasteiger partial charge < -0.3 is 44.9 Å². The van der Waals surface area contributed by atoms with E-state index in [0.29, 0.717) is 10.3 Å². The number of alkyl carbamates (subject to hydrolysis) is 1. The summed E-state index contributed by atoms with van der Waals surface area (Å²) in [5, 5.41) is 9.92. The summed E-state index contributed by atoms with van der Waals surface area (Å²) in [5.41, 5.74) is -2.93. The molecule has 0 bridgehead atoms. The molecule has 3 rings (SSSR count). The zero-order valence-corrected chi connectivity index (χ0v) is 30.8. The van der Waals surface area contributed by atoms with E-state index in [1.165, 1.54) is 20.0 Å². The average Bonchev–Trinajstić information content (AvgIpc) is 3.12. The van der Waals surface area contributed by atoms with Crippen LogP contribution in [0.2, 0.25) is 0 Å². The predicted octanol–water partition coefficient (Wildman–Crippen LogP) is 0.351. The minimum atomic E-state index is -1.51. The van der Waals surface area contributed by atoms with Crippen molar-refractivity contribution in [1.29, 1.82) is 0 Å². The minimum absolute atomic E-state index is 0.00818. The Bertz CT molecular complexity index is 1970. The molecule has 4 amide bonds. The Hall–Kier alpha value is -6.30. The maximum atomic E-state index is 13.5. The quantitative estimate of drug-likeness (QED) is 0.0832. The van der Waals surface area contributed by atoms with Crippen LogP contribution < -0.4 is 37.2 Å². The Morgan fingerprint density at radius 3 is 2.00 bits per heavy atom. The smallest absolute Gasteiger partial charge is 0.407 e. The number of carbonyl (C=O) groups excluding carboxylic acids is 6. The normalized spacial score (nSPS) is 11.4. The summed E-state index contributed by atoms with van der Waals surface area (Å²) in [6, 6.07) is 11.9. The Balaban J connectivity index is 1.78. The van der Waals surface area contributed by atoms with Crippen LogP contribution in [-0.4, -0.2) is 96.5 Å². The summed E-state index contributed by atoms with van der Waals surface area (Å²) >= 11 is 0. The van der Waals surface area contributed by atoms with E-state index < -0.39 is 70.4 Å². The summed E-state index contributed by atoms with van der Waals surface area (Å²) in [4.78, 5) is 108. The van der Waals surface area contributed by atoms with Gasteiger partial charge in [0.1, 0.15) is 29.4 Å². The molecule has 2 heterocycles. The minimum Gasteiger partial charge on any atom is -0.464 e. The standard InChI is InChI=1S/C36H44N6O12/c1-22(43)27-14-12-24(32(47)41(27)5)29(44)39-20-26(31(46)37-16-18-52-19-17-38-35(50)54-36(2,3)4)40-30(45)25-13-15-28(34(49)51-6)42(33(25)48)53-21-23-10-8-7-9-11-23/h7-15,26H,16-21H2,1-6H3,(H,37,46)(H,38,50)(H,39,44)(H,40,45). The van der Waals surface area contributed by atoms with E-state index in [-0.39, 0.29) is 49.9 Å². The highest BCUT2D eigenvalue weighted by Gasteiger charge is 2.27. The van der Waals surface area contributed by atoms with Gasteiger partial charge in [-0.3, -0.25) is 28.8 Å². The second-order valence-corrected chi connectivity index (χ2v) is 12.6. The Morgan fingerprint density at radius 2 is 1.39 bits per heavy atom. The van der Waals surface area contributed by atoms with Gasteiger partial charge in [-0.25, -0.2) is 9.59 Å². The Kier molecular flexibility index (Phi) is 15.2. The highest BCUT2D eigenvalue weighted by Crippen LogP contribution is 2.07. The third kappa shape index (κ3) is 12.1. The molecule has 0 aliphatic rings. The lowest BCUT2D eigenvalue weighted by Gasteiger charge is -2.20. The molecule has 0 saturated heterocycles. The molecule has 1 aromatic carbocycles. The number of nitrogens with one attached hydrogen (secondary N) is 4. The van der Waals surface area contributed by atoms with Gasteiger partial charge in [-0.15, -0.1) is 4.73 Å². The number of Topliss-reactive ketones (excluding diaryl/α,β-unsaturated/α-hetero) is 1. The number of pyridine rings is 2. The Labute approximate surface area is 310 Å². The topological polar surface area (TPSA) is 231 Å². The predicted molar refractivity (Wildman–Crippen MR) is 192 cm³/mol. The first-order chi connectivity index (χ1) is 25.5. The van der Waals surface area contributed by atoms with Gasteiger partial charge in [-0.05, 0) is 50.6 Å². The molecule has 0 aliphatic heterocycles. The summed E-state index contributed by atoms with van der Waals surface area (Å²) in [6.07, 6.45) is -0.623. The molecule has 18 heteroatoms. The summed E-state index contributed by atoms with van der Waals surface area (Å²) in [6.45, 7) is 5.87. The van der Waals surface area contributed by atoms with E-state index in [1.54, 1.807) is 51.1 Å². The zero-order valence-electron chi connectivity index (χ0n) is 30.8. The molecule has 0 aliphatic carbocycles. The van der Waals surface area contributed by atoms with Gasteiger partial charge in [0.05, 0.1) is 26.0 Å². The zero-order chi connectivity index (χ0) is 40.0. The largest absolute Gasteiger partial charge is 0.464 e. The molecule has 290 valence electrons. The molecule has 0 saturated carbocycles. The number of hydrogen-bond acceptors (Lipinski definition) is 12. The van der Waals surface area contributed by atoms with Gasteiger partial charge in [-0.2, -0.15) is 0 Å². The van der Waals surface area contributed by atoms with E-state index in [2.05, 4.69) is 21.3 Å². The number of nitrogens with zero attached hydrogens (tertiary/aromatic N) is 2. The number of methoxy groups -OCH3 is 1. The molecule has 0 fully saturated rings. The number of rotatable bonds is 17. The van der Waals surface area contributed by atoms with Crippen molar-refractivity contribution in [3.8, 4) is 0 Å². The number of hydrogen-bond donors (Lipinski definition) is 4. The molecule has 1 atom stereocenters. The van der Waals surface area contributed by atoms with Gasteiger partial charge in [0.15, 0.2) is 11.5 Å². The van der Waals surface area contributed by atoms with Crippen molar-refractivity contribution in [3.63, 3.8) is 0 Å². The fourth-order valence-electron chi connectivity index (χ4n) is 4.70. The molecule has 0 spiro atoms. The lowest BCUT2D eigenvalue weighted by molar-refractivity contribution is -0.123. The van der Waals surface area contributed by atoms with Crippen molar-refractivity contribution in [2.75, 3.05) is 40.0 Å². The maximum absolute atomic E-state index is 13.5. The third-order valence-electron chi connectivity index (χ3n) is 7.34. The van der Waals surface area contributed by atoms with Crippen LogP contribution in [0, 0.1) is 0 Å². The van der Waals surface area contributed by atoms with Crippen LogP contribution >= 0.6 is 0 Å². The SMILES string of the molecule is COC(=O)c1ccc(C(=O)NC(CNC(=O)c2ccc(C(C)=O)n(C)c2=O)C(=O)NCCOCCNC(=O)OC(C)(C)C)c(=O)n1OCc1ccccc1. The number of esters is 1. The summed E-state index contributed by atoms with van der Waals surface area (Å²) < 4.78 is 16.9. The molecule has 54 heavy (non-hydrogen) atoms. The molecule has 3 aromatic rings. The number of amides is 4. The highest BCUT2D eigenvalue weighted by atomic mass is 16.7. The average molecular weight is 753 g/mol. The number of benzene rings is 1. The van der Waals surface area contributed by atoms with Crippen LogP contribution in [0.15, 0.2) is 64.2 Å². The fraction of sp³-hybridized carbons (Fsp3) is 0.389. The van der Waals surface area contributed by atoms with Crippen molar-refractivity contribution in [3.05, 3.63) is 103 Å². The van der Waals surface area contributed by atoms with Gasteiger partial charge in [0.2, 0.25) is 5.91 Å². The maximum Gasteiger partial charge on any atom is 0.407 e. The fourth-order valence-corrected chi connectivity index (χ4v) is 4.70. The number of ketones is 1. The molecular formula is C36H44N6O12. The third-order valence-corrected chi connectivity index (χ3v) is 7.34. The van der Waals surface area contributed by atoms with Crippen LogP contribution in [-0.2, 0) is 32.7 Å². The van der Waals surface area contributed by atoms with E-state index in [4.69, 9.17) is 19.0 Å². The van der Waals surface area contributed by atoms with Crippen molar-refractivity contribution < 1.29 is 47.8 Å². The first kappa shape index (κ1) is 42.1. The molecule has 2 aromatic heterocycles. The highest BCUT2D eigenvalue weighted by molar-refractivity contribution is 5.99. The van der Waals surface area contributed by atoms with Crippen molar-refractivity contribution in [2.24, 2.45) is 7.05 Å². The monoisotopic (exact) mass is 752 g/mol. The first-order valence-electron chi connectivity index (χ1n) is 16.7. The van der Waals surface area contributed by atoms with E-state index in [9.17, 15) is 38.4 Å². The molecule has 0 radical (unpaired) electrons. The van der Waals surface area contributed by atoms with E-state index >= 15 is 0 Å². The van der Waals surface area contributed by atoms with Gasteiger partial charge in [0, 0.05) is 33.6 Å². The van der Waals surface area contributed by atoms with Crippen LogP contribution in [0.4, 0.5) is 4.79 Å². The number of aromatic nitrogens is 2. The van der Waals surface area contributed by atoms with Gasteiger partial charge in [-0.1, -0.05) is 30.3 Å². The van der Waals surface area contributed by atoms with Crippen LogP contribution in [0.25, 0.3) is 0 Å². The number of carbonyl (C=O) groups is 6. The molecular weight excluding hydrogens is 708 g/mol. The van der Waals surface area contributed by atoms with Crippen molar-refractivity contribution in [1.82, 2.24) is 30.6 Å². The van der Waals surface area contributed by atoms with Gasteiger partial charge in [0.25, 0.3) is 22.9 Å². The van der Waals surface area contributed by atoms with Crippen LogP contribution in [0.1, 0.15) is 75.0 Å². The second kappa shape index (κ2) is 19.5. The molecule has 1 unspecified atom stereocenters. The Morgan fingerprint density at radius 1 is 0.778 bits per heavy atom. The van der Waals surface area contributed by atoms with Gasteiger partial charge >= 0.3 is 12.1 Å². The lowest BCUT2D eigenvalue weighted by Crippen LogP contribution is -2.54. The van der Waals surface area contributed by atoms with Crippen molar-refractivity contribution >= 4 is 35.6 Å². The summed E-state index contributed by atoms with van der Waals surface area (Å²) in [5.74, 6) is -4.08. The molecule has 4 N–H and O–H groups in total. The molecule has 18 nitrogen and oxygen atoms in total. The van der Waals surface area contributed by atoms with E-state index in [1.807, 2.05) is 0 Å². The van der Waals surface area contributed by atoms with Crippen molar-refractivity contribution in [2.45, 2.75) is 45.9 Å². The van der Waals surface area contributed by atoms with E-state index in [0.717, 1.165) is 29.9 Å². The summed E-state index contributed by atoms with van der Waals surface area (Å²) in [7, 11) is 2.43. The first-order valence-corrected chi connectivity index (χ1v) is 16.7. The lowest BCUT2D eigenvalue weighted by atomic mass is 10.1. The second-order valence-electron chi connectivity index (χ2n) is 12.6.